The zero-order chi connectivity index (χ0) is 14.4. The molecule has 0 bridgehead atoms. The third-order valence-electron chi connectivity index (χ3n) is 3.66. The van der Waals surface area contributed by atoms with Gasteiger partial charge in [-0.25, -0.2) is 0 Å². The Hall–Kier alpha value is -1.43. The molecule has 5 heteroatoms. The fraction of sp³-hybridized carbons (Fsp3) is 0.533. The van der Waals surface area contributed by atoms with E-state index in [1.54, 1.807) is 19.2 Å². The Labute approximate surface area is 118 Å². The van der Waals surface area contributed by atoms with E-state index in [9.17, 15) is 9.90 Å². The van der Waals surface area contributed by atoms with Crippen molar-refractivity contribution in [2.24, 2.45) is 0 Å². The Morgan fingerprint density at radius 3 is 2.55 bits per heavy atom. The predicted octanol–water partition coefficient (Wildman–Crippen LogP) is 1.10. The number of nitrogens with one attached hydrogen (secondary N) is 1. The summed E-state index contributed by atoms with van der Waals surface area (Å²) < 4.78 is 10.3. The van der Waals surface area contributed by atoms with E-state index in [0.29, 0.717) is 38.2 Å². The van der Waals surface area contributed by atoms with Crippen LogP contribution in [0.5, 0.6) is 0 Å². The molecule has 1 aliphatic heterocycles. The van der Waals surface area contributed by atoms with Crippen LogP contribution in [0.25, 0.3) is 0 Å². The first-order chi connectivity index (χ1) is 9.69. The number of ether oxygens (including phenoxy) is 2. The van der Waals surface area contributed by atoms with Gasteiger partial charge in [0.05, 0.1) is 18.8 Å². The first-order valence-corrected chi connectivity index (χ1v) is 6.78. The molecule has 0 atom stereocenters. The largest absolute Gasteiger partial charge is 0.394 e. The smallest absolute Gasteiger partial charge is 0.251 e. The summed E-state index contributed by atoms with van der Waals surface area (Å²) in [5.41, 5.74) is 1.05. The van der Waals surface area contributed by atoms with Gasteiger partial charge in [0.15, 0.2) is 0 Å². The molecule has 2 rings (SSSR count). The Bertz CT molecular complexity index is 438. The third kappa shape index (κ3) is 3.56. The second-order valence-electron chi connectivity index (χ2n) is 5.13. The fourth-order valence-electron chi connectivity index (χ4n) is 2.32. The van der Waals surface area contributed by atoms with Crippen LogP contribution in [0.1, 0.15) is 28.8 Å². The number of benzene rings is 1. The van der Waals surface area contributed by atoms with Crippen molar-refractivity contribution < 1.29 is 19.4 Å². The summed E-state index contributed by atoms with van der Waals surface area (Å²) in [5.74, 6) is -0.162. The van der Waals surface area contributed by atoms with Gasteiger partial charge >= 0.3 is 0 Å². The van der Waals surface area contributed by atoms with Gasteiger partial charge in [0, 0.05) is 25.9 Å². The maximum Gasteiger partial charge on any atom is 0.251 e. The van der Waals surface area contributed by atoms with E-state index in [-0.39, 0.29) is 12.5 Å². The topological polar surface area (TPSA) is 67.8 Å². The Morgan fingerprint density at radius 2 is 2.00 bits per heavy atom. The Morgan fingerprint density at radius 1 is 1.35 bits per heavy atom. The van der Waals surface area contributed by atoms with Gasteiger partial charge in [0.2, 0.25) is 0 Å². The molecular formula is C15H21NO4. The van der Waals surface area contributed by atoms with Gasteiger partial charge in [0.25, 0.3) is 5.91 Å². The molecule has 5 nitrogen and oxygen atoms in total. The average Bonchev–Trinajstić information content (AvgIpc) is 2.49. The number of aliphatic hydroxyl groups excluding tert-OH is 1. The second-order valence-corrected chi connectivity index (χ2v) is 5.13. The quantitative estimate of drug-likeness (QED) is 0.847. The molecule has 1 fully saturated rings. The van der Waals surface area contributed by atoms with E-state index in [1.165, 1.54) is 0 Å². The molecule has 1 aromatic carbocycles. The van der Waals surface area contributed by atoms with Gasteiger partial charge in [-0.05, 0) is 30.5 Å². The minimum atomic E-state index is -0.555. The van der Waals surface area contributed by atoms with Crippen molar-refractivity contribution in [3.63, 3.8) is 0 Å². The summed E-state index contributed by atoms with van der Waals surface area (Å²) in [6.07, 6.45) is 1.27. The van der Waals surface area contributed by atoms with Gasteiger partial charge in [-0.15, -0.1) is 0 Å². The number of hydrogen-bond acceptors (Lipinski definition) is 4. The van der Waals surface area contributed by atoms with Crippen LogP contribution in [0, 0.1) is 0 Å². The molecule has 1 aromatic rings. The van der Waals surface area contributed by atoms with E-state index in [2.05, 4.69) is 5.32 Å². The van der Waals surface area contributed by atoms with E-state index >= 15 is 0 Å². The van der Waals surface area contributed by atoms with E-state index < -0.39 is 5.54 Å². The maximum absolute atomic E-state index is 12.3. The van der Waals surface area contributed by atoms with Gasteiger partial charge in [-0.1, -0.05) is 12.1 Å². The van der Waals surface area contributed by atoms with Crippen molar-refractivity contribution in [1.82, 2.24) is 5.32 Å². The molecule has 0 aliphatic carbocycles. The highest BCUT2D eigenvalue weighted by atomic mass is 16.5. The SMILES string of the molecule is COCc1ccc(C(=O)NC2(CO)CCOCC2)cc1. The van der Waals surface area contributed by atoms with Crippen LogP contribution in [0.2, 0.25) is 0 Å². The summed E-state index contributed by atoms with van der Waals surface area (Å²) in [6, 6.07) is 7.28. The number of methoxy groups -OCH3 is 1. The number of carbonyl (C=O) groups excluding carboxylic acids is 1. The lowest BCUT2D eigenvalue weighted by atomic mass is 9.90. The highest BCUT2D eigenvalue weighted by molar-refractivity contribution is 5.94. The molecule has 1 amide bonds. The summed E-state index contributed by atoms with van der Waals surface area (Å²) in [6.45, 7) is 1.59. The fourth-order valence-corrected chi connectivity index (χ4v) is 2.32. The molecule has 110 valence electrons. The molecule has 0 aromatic heterocycles. The van der Waals surface area contributed by atoms with Crippen LogP contribution < -0.4 is 5.32 Å². The van der Waals surface area contributed by atoms with Crippen LogP contribution in [0.4, 0.5) is 0 Å². The summed E-state index contributed by atoms with van der Waals surface area (Å²) in [7, 11) is 1.64. The predicted molar refractivity (Wildman–Crippen MR) is 74.5 cm³/mol. The zero-order valence-electron chi connectivity index (χ0n) is 11.7. The molecule has 0 unspecified atom stereocenters. The van der Waals surface area contributed by atoms with E-state index in [4.69, 9.17) is 9.47 Å². The number of rotatable bonds is 5. The summed E-state index contributed by atoms with van der Waals surface area (Å²) in [5, 5.41) is 12.5. The highest BCUT2D eigenvalue weighted by Gasteiger charge is 2.33. The van der Waals surface area contributed by atoms with Gasteiger partial charge in [-0.3, -0.25) is 4.79 Å². The van der Waals surface area contributed by atoms with Gasteiger partial charge in [-0.2, -0.15) is 0 Å². The number of amides is 1. The van der Waals surface area contributed by atoms with Crippen molar-refractivity contribution in [2.75, 3.05) is 26.9 Å². The molecule has 0 radical (unpaired) electrons. The summed E-state index contributed by atoms with van der Waals surface area (Å²) in [4.78, 5) is 12.3. The summed E-state index contributed by atoms with van der Waals surface area (Å²) >= 11 is 0. The van der Waals surface area contributed by atoms with Gasteiger partial charge in [0.1, 0.15) is 0 Å². The van der Waals surface area contributed by atoms with Crippen molar-refractivity contribution >= 4 is 5.91 Å². The first-order valence-electron chi connectivity index (χ1n) is 6.78. The van der Waals surface area contributed by atoms with Crippen molar-refractivity contribution in [3.05, 3.63) is 35.4 Å². The first kappa shape index (κ1) is 15.0. The molecule has 1 heterocycles. The third-order valence-corrected chi connectivity index (χ3v) is 3.66. The van der Waals surface area contributed by atoms with Crippen LogP contribution >= 0.6 is 0 Å². The standard InChI is InChI=1S/C15H21NO4/c1-19-10-12-2-4-13(5-3-12)14(18)16-15(11-17)6-8-20-9-7-15/h2-5,17H,6-11H2,1H3,(H,16,18). The molecular weight excluding hydrogens is 258 g/mol. The Balaban J connectivity index is 2.03. The minimum absolute atomic E-state index is 0.0656. The average molecular weight is 279 g/mol. The van der Waals surface area contributed by atoms with Crippen molar-refractivity contribution in [2.45, 2.75) is 25.0 Å². The molecule has 0 saturated carbocycles. The molecule has 20 heavy (non-hydrogen) atoms. The zero-order valence-corrected chi connectivity index (χ0v) is 11.7. The van der Waals surface area contributed by atoms with E-state index in [1.807, 2.05) is 12.1 Å². The number of aliphatic hydroxyl groups is 1. The number of carbonyl (C=O) groups is 1. The van der Waals surface area contributed by atoms with Crippen LogP contribution in [-0.2, 0) is 16.1 Å². The van der Waals surface area contributed by atoms with Crippen LogP contribution in [0.15, 0.2) is 24.3 Å². The monoisotopic (exact) mass is 279 g/mol. The Kier molecular flexibility index (Phi) is 5.11. The highest BCUT2D eigenvalue weighted by Crippen LogP contribution is 2.20. The molecule has 1 saturated heterocycles. The normalized spacial score (nSPS) is 17.7. The minimum Gasteiger partial charge on any atom is -0.394 e. The maximum atomic E-state index is 12.3. The van der Waals surface area contributed by atoms with Crippen LogP contribution in [-0.4, -0.2) is 43.5 Å². The van der Waals surface area contributed by atoms with Crippen molar-refractivity contribution in [1.29, 1.82) is 0 Å². The molecule has 2 N–H and O–H groups in total. The molecule has 1 aliphatic rings. The number of hydrogen-bond donors (Lipinski definition) is 2. The van der Waals surface area contributed by atoms with Crippen molar-refractivity contribution in [3.8, 4) is 0 Å². The van der Waals surface area contributed by atoms with E-state index in [0.717, 1.165) is 5.56 Å². The lowest BCUT2D eigenvalue weighted by Gasteiger charge is -2.36. The second kappa shape index (κ2) is 6.83. The lowest BCUT2D eigenvalue weighted by Crippen LogP contribution is -2.54. The molecule has 0 spiro atoms. The lowest BCUT2D eigenvalue weighted by molar-refractivity contribution is 0.0125. The van der Waals surface area contributed by atoms with Crippen LogP contribution in [0.3, 0.4) is 0 Å². The van der Waals surface area contributed by atoms with Gasteiger partial charge < -0.3 is 19.9 Å².